The van der Waals surface area contributed by atoms with Gasteiger partial charge in [0, 0.05) is 11.1 Å². The lowest BCUT2D eigenvalue weighted by Crippen LogP contribution is -2.12. The third kappa shape index (κ3) is 3.42. The third-order valence-electron chi connectivity index (χ3n) is 3.20. The van der Waals surface area contributed by atoms with Crippen molar-refractivity contribution in [3.05, 3.63) is 65.0 Å². The summed E-state index contributed by atoms with van der Waals surface area (Å²) in [5.41, 5.74) is 3.10. The number of carbonyl (C=O) groups excluding carboxylic acids is 1. The molecule has 6 heteroatoms. The number of rotatable bonds is 3. The minimum Gasteiger partial charge on any atom is -0.403 e. The van der Waals surface area contributed by atoms with E-state index < -0.39 is 11.7 Å². The molecule has 0 unspecified atom stereocenters. The van der Waals surface area contributed by atoms with Gasteiger partial charge >= 0.3 is 6.01 Å². The molecule has 0 spiro atoms. The minimum absolute atomic E-state index is 0.0339. The Morgan fingerprint density at radius 3 is 2.52 bits per heavy atom. The second kappa shape index (κ2) is 6.00. The van der Waals surface area contributed by atoms with Crippen LogP contribution < -0.4 is 5.32 Å². The van der Waals surface area contributed by atoms with Gasteiger partial charge in [0.15, 0.2) is 0 Å². The maximum atomic E-state index is 13.1. The van der Waals surface area contributed by atoms with Crippen molar-refractivity contribution < 1.29 is 13.6 Å². The Labute approximate surface area is 132 Å². The Morgan fingerprint density at radius 2 is 1.83 bits per heavy atom. The number of hydrogen-bond acceptors (Lipinski definition) is 4. The Hall–Kier alpha value is -3.02. The molecular formula is C17H14FN3O2. The monoisotopic (exact) mass is 311 g/mol. The van der Waals surface area contributed by atoms with E-state index in [-0.39, 0.29) is 11.6 Å². The van der Waals surface area contributed by atoms with Crippen LogP contribution in [0.1, 0.15) is 21.5 Å². The average Bonchev–Trinajstić information content (AvgIpc) is 2.95. The lowest BCUT2D eigenvalue weighted by Gasteiger charge is -2.01. The van der Waals surface area contributed by atoms with Gasteiger partial charge in [0.2, 0.25) is 5.89 Å². The quantitative estimate of drug-likeness (QED) is 0.800. The van der Waals surface area contributed by atoms with E-state index >= 15 is 0 Å². The summed E-state index contributed by atoms with van der Waals surface area (Å²) in [4.78, 5) is 12.0. The van der Waals surface area contributed by atoms with Crippen LogP contribution in [-0.2, 0) is 0 Å². The summed E-state index contributed by atoms with van der Waals surface area (Å²) in [6.07, 6.45) is 0. The molecular weight excluding hydrogens is 297 g/mol. The van der Waals surface area contributed by atoms with Crippen LogP contribution >= 0.6 is 0 Å². The van der Waals surface area contributed by atoms with Gasteiger partial charge in [0.1, 0.15) is 5.82 Å². The molecule has 3 aromatic rings. The number of carbonyl (C=O) groups is 1. The van der Waals surface area contributed by atoms with Crippen molar-refractivity contribution in [2.24, 2.45) is 0 Å². The molecule has 1 aromatic heterocycles. The summed E-state index contributed by atoms with van der Waals surface area (Å²) in [6, 6.07) is 11.2. The first kappa shape index (κ1) is 14.9. The summed E-state index contributed by atoms with van der Waals surface area (Å²) < 4.78 is 18.6. The molecule has 0 aliphatic carbocycles. The number of benzene rings is 2. The van der Waals surface area contributed by atoms with Crippen LogP contribution in [-0.4, -0.2) is 16.1 Å². The Balaban J connectivity index is 1.81. The molecule has 3 rings (SSSR count). The first-order chi connectivity index (χ1) is 11.0. The highest BCUT2D eigenvalue weighted by molar-refractivity contribution is 6.03. The molecule has 0 saturated heterocycles. The molecule has 1 N–H and O–H groups in total. The number of aromatic nitrogens is 2. The van der Waals surface area contributed by atoms with Crippen LogP contribution in [0, 0.1) is 19.7 Å². The zero-order valence-corrected chi connectivity index (χ0v) is 12.6. The number of aryl methyl sites for hydroxylation is 2. The number of anilines is 1. The Morgan fingerprint density at radius 1 is 1.09 bits per heavy atom. The summed E-state index contributed by atoms with van der Waals surface area (Å²) in [5, 5.41) is 10.2. The van der Waals surface area contributed by atoms with E-state index in [9.17, 15) is 9.18 Å². The second-order valence-electron chi connectivity index (χ2n) is 5.25. The first-order valence-electron chi connectivity index (χ1n) is 7.00. The lowest BCUT2D eigenvalue weighted by atomic mass is 10.1. The van der Waals surface area contributed by atoms with E-state index in [1.54, 1.807) is 0 Å². The molecule has 2 aromatic carbocycles. The summed E-state index contributed by atoms with van der Waals surface area (Å²) in [7, 11) is 0. The van der Waals surface area contributed by atoms with Gasteiger partial charge in [0.25, 0.3) is 5.91 Å². The number of hydrogen-bond donors (Lipinski definition) is 1. The molecule has 0 aliphatic heterocycles. The third-order valence-corrected chi connectivity index (χ3v) is 3.20. The fourth-order valence-electron chi connectivity index (χ4n) is 2.29. The van der Waals surface area contributed by atoms with Crippen LogP contribution in [0.2, 0.25) is 0 Å². The molecule has 0 bridgehead atoms. The summed E-state index contributed by atoms with van der Waals surface area (Å²) in [6.45, 7) is 3.94. The van der Waals surface area contributed by atoms with Crippen molar-refractivity contribution >= 4 is 11.9 Å². The van der Waals surface area contributed by atoms with Crippen molar-refractivity contribution in [1.82, 2.24) is 10.2 Å². The zero-order chi connectivity index (χ0) is 16.4. The van der Waals surface area contributed by atoms with Gasteiger partial charge in [-0.1, -0.05) is 28.4 Å². The van der Waals surface area contributed by atoms with Crippen LogP contribution in [0.15, 0.2) is 46.9 Å². The van der Waals surface area contributed by atoms with Crippen LogP contribution in [0.5, 0.6) is 0 Å². The van der Waals surface area contributed by atoms with E-state index in [1.807, 2.05) is 32.0 Å². The summed E-state index contributed by atoms with van der Waals surface area (Å²) >= 11 is 0. The second-order valence-corrected chi connectivity index (χ2v) is 5.25. The van der Waals surface area contributed by atoms with Gasteiger partial charge in [-0.25, -0.2) is 4.39 Å². The van der Waals surface area contributed by atoms with Crippen molar-refractivity contribution in [2.45, 2.75) is 13.8 Å². The van der Waals surface area contributed by atoms with E-state index in [2.05, 4.69) is 15.5 Å². The maximum absolute atomic E-state index is 13.1. The number of halogens is 1. The van der Waals surface area contributed by atoms with Gasteiger partial charge in [-0.15, -0.1) is 5.10 Å². The van der Waals surface area contributed by atoms with Crippen LogP contribution in [0.25, 0.3) is 11.5 Å². The fraction of sp³-hybridized carbons (Fsp3) is 0.118. The van der Waals surface area contributed by atoms with Gasteiger partial charge in [0.05, 0.1) is 0 Å². The molecule has 0 radical (unpaired) electrons. The topological polar surface area (TPSA) is 68.0 Å². The highest BCUT2D eigenvalue weighted by atomic mass is 19.1. The predicted octanol–water partition coefficient (Wildman–Crippen LogP) is 3.74. The molecule has 0 aliphatic rings. The molecule has 5 nitrogen and oxygen atoms in total. The molecule has 0 fully saturated rings. The Kier molecular flexibility index (Phi) is 3.89. The highest BCUT2D eigenvalue weighted by Gasteiger charge is 2.13. The maximum Gasteiger partial charge on any atom is 0.322 e. The van der Waals surface area contributed by atoms with Gasteiger partial charge in [-0.2, -0.15) is 0 Å². The van der Waals surface area contributed by atoms with E-state index in [0.717, 1.165) is 22.8 Å². The van der Waals surface area contributed by atoms with Gasteiger partial charge in [-0.05, 0) is 44.2 Å². The molecule has 23 heavy (non-hydrogen) atoms. The SMILES string of the molecule is Cc1cc(C)cc(-c2nnc(NC(=O)c3cccc(F)c3)o2)c1. The predicted molar refractivity (Wildman–Crippen MR) is 83.6 cm³/mol. The number of nitrogens with one attached hydrogen (secondary N) is 1. The average molecular weight is 311 g/mol. The molecule has 0 atom stereocenters. The molecule has 0 saturated carbocycles. The largest absolute Gasteiger partial charge is 0.403 e. The van der Waals surface area contributed by atoms with Gasteiger partial charge in [-0.3, -0.25) is 10.1 Å². The molecule has 1 heterocycles. The van der Waals surface area contributed by atoms with Crippen molar-refractivity contribution in [3.63, 3.8) is 0 Å². The lowest BCUT2D eigenvalue weighted by molar-refractivity contribution is 0.102. The standard InChI is InChI=1S/C17H14FN3O2/c1-10-6-11(2)8-13(7-10)16-20-21-17(23-16)19-15(22)12-4-3-5-14(18)9-12/h3-9H,1-2H3,(H,19,21,22). The molecule has 116 valence electrons. The van der Waals surface area contributed by atoms with Crippen molar-refractivity contribution in [2.75, 3.05) is 5.32 Å². The van der Waals surface area contributed by atoms with Crippen LogP contribution in [0.4, 0.5) is 10.4 Å². The van der Waals surface area contributed by atoms with Gasteiger partial charge < -0.3 is 4.42 Å². The fourth-order valence-corrected chi connectivity index (χ4v) is 2.29. The van der Waals surface area contributed by atoms with Crippen LogP contribution in [0.3, 0.4) is 0 Å². The highest BCUT2D eigenvalue weighted by Crippen LogP contribution is 2.22. The van der Waals surface area contributed by atoms with E-state index in [1.165, 1.54) is 18.2 Å². The minimum atomic E-state index is -0.514. The number of nitrogens with zero attached hydrogens (tertiary/aromatic N) is 2. The van der Waals surface area contributed by atoms with E-state index in [4.69, 9.17) is 4.42 Å². The van der Waals surface area contributed by atoms with Crippen molar-refractivity contribution in [1.29, 1.82) is 0 Å². The first-order valence-corrected chi connectivity index (χ1v) is 7.00. The number of amides is 1. The zero-order valence-electron chi connectivity index (χ0n) is 12.6. The Bertz CT molecular complexity index is 854. The molecule has 1 amide bonds. The van der Waals surface area contributed by atoms with Crippen molar-refractivity contribution in [3.8, 4) is 11.5 Å². The normalized spacial score (nSPS) is 10.6. The summed E-state index contributed by atoms with van der Waals surface area (Å²) in [5.74, 6) is -0.689. The van der Waals surface area contributed by atoms with E-state index in [0.29, 0.717) is 5.89 Å². The smallest absolute Gasteiger partial charge is 0.322 e.